The molecule has 0 saturated heterocycles. The van der Waals surface area contributed by atoms with Crippen LogP contribution in [0.25, 0.3) is 0 Å². The number of nitrogens with zero attached hydrogens (tertiary/aromatic N) is 1. The topological polar surface area (TPSA) is 23.5 Å². The minimum absolute atomic E-state index is 0.285. The van der Waals surface area contributed by atoms with E-state index in [0.29, 0.717) is 0 Å². The fourth-order valence-electron chi connectivity index (χ4n) is 2.31. The molecule has 0 aliphatic heterocycles. The standard InChI is InChI=1S/C12H23NO/c1-2-3-9-13(10-11-14)12-7-5-4-6-8-12/h2,12,14H,1,3-11H2. The van der Waals surface area contributed by atoms with Gasteiger partial charge in [0, 0.05) is 19.1 Å². The Kier molecular flexibility index (Phi) is 5.88. The Labute approximate surface area is 87.6 Å². The van der Waals surface area contributed by atoms with Crippen molar-refractivity contribution in [1.82, 2.24) is 4.90 Å². The molecule has 0 amide bonds. The SMILES string of the molecule is C=CCCN(CCO)C1CCCCC1. The monoisotopic (exact) mass is 197 g/mol. The van der Waals surface area contributed by atoms with Crippen LogP contribution in [0.4, 0.5) is 0 Å². The lowest BCUT2D eigenvalue weighted by atomic mass is 9.94. The number of rotatable bonds is 6. The molecule has 14 heavy (non-hydrogen) atoms. The third kappa shape index (κ3) is 3.81. The second-order valence-corrected chi connectivity index (χ2v) is 4.13. The highest BCUT2D eigenvalue weighted by Crippen LogP contribution is 2.22. The molecule has 0 unspecified atom stereocenters. The zero-order valence-electron chi connectivity index (χ0n) is 9.12. The van der Waals surface area contributed by atoms with Crippen LogP contribution in [0.1, 0.15) is 38.5 Å². The average molecular weight is 197 g/mol. The molecule has 0 bridgehead atoms. The first-order valence-corrected chi connectivity index (χ1v) is 5.84. The van der Waals surface area contributed by atoms with Gasteiger partial charge >= 0.3 is 0 Å². The van der Waals surface area contributed by atoms with Crippen LogP contribution in [-0.2, 0) is 0 Å². The van der Waals surface area contributed by atoms with Crippen molar-refractivity contribution >= 4 is 0 Å². The van der Waals surface area contributed by atoms with Gasteiger partial charge in [0.15, 0.2) is 0 Å². The van der Waals surface area contributed by atoms with E-state index in [-0.39, 0.29) is 6.61 Å². The predicted molar refractivity (Wildman–Crippen MR) is 60.3 cm³/mol. The molecule has 1 N–H and O–H groups in total. The fraction of sp³-hybridized carbons (Fsp3) is 0.833. The molecule has 0 radical (unpaired) electrons. The maximum Gasteiger partial charge on any atom is 0.0558 e. The van der Waals surface area contributed by atoms with Crippen molar-refractivity contribution in [3.8, 4) is 0 Å². The van der Waals surface area contributed by atoms with Crippen molar-refractivity contribution in [3.05, 3.63) is 12.7 Å². The number of hydrogen-bond donors (Lipinski definition) is 1. The molecule has 1 aliphatic carbocycles. The van der Waals surface area contributed by atoms with Crippen molar-refractivity contribution in [2.24, 2.45) is 0 Å². The smallest absolute Gasteiger partial charge is 0.0558 e. The van der Waals surface area contributed by atoms with Crippen LogP contribution in [0, 0.1) is 0 Å². The van der Waals surface area contributed by atoms with Crippen LogP contribution >= 0.6 is 0 Å². The van der Waals surface area contributed by atoms with Gasteiger partial charge in [0.05, 0.1) is 6.61 Å². The Bertz CT molecular complexity index is 152. The maximum absolute atomic E-state index is 9.00. The molecule has 0 heterocycles. The Morgan fingerprint density at radius 1 is 1.21 bits per heavy atom. The van der Waals surface area contributed by atoms with E-state index in [1.165, 1.54) is 32.1 Å². The second-order valence-electron chi connectivity index (χ2n) is 4.13. The van der Waals surface area contributed by atoms with Gasteiger partial charge in [-0.05, 0) is 19.3 Å². The minimum atomic E-state index is 0.285. The lowest BCUT2D eigenvalue weighted by molar-refractivity contribution is 0.126. The first kappa shape index (κ1) is 11.7. The number of aliphatic hydroxyl groups excluding tert-OH is 1. The Balaban J connectivity index is 2.33. The predicted octanol–water partition coefficient (Wildman–Crippen LogP) is 2.19. The number of hydrogen-bond acceptors (Lipinski definition) is 2. The first-order valence-electron chi connectivity index (χ1n) is 5.84. The largest absolute Gasteiger partial charge is 0.395 e. The molecule has 0 atom stereocenters. The second kappa shape index (κ2) is 7.02. The zero-order valence-corrected chi connectivity index (χ0v) is 9.12. The van der Waals surface area contributed by atoms with Gasteiger partial charge in [-0.15, -0.1) is 6.58 Å². The molecule has 2 nitrogen and oxygen atoms in total. The molecule has 1 fully saturated rings. The van der Waals surface area contributed by atoms with E-state index in [0.717, 1.165) is 25.6 Å². The fourth-order valence-corrected chi connectivity index (χ4v) is 2.31. The van der Waals surface area contributed by atoms with E-state index < -0.39 is 0 Å². The zero-order chi connectivity index (χ0) is 10.2. The lowest BCUT2D eigenvalue weighted by Crippen LogP contribution is -2.39. The van der Waals surface area contributed by atoms with E-state index in [4.69, 9.17) is 5.11 Å². The van der Waals surface area contributed by atoms with Gasteiger partial charge < -0.3 is 5.11 Å². The molecule has 1 saturated carbocycles. The minimum Gasteiger partial charge on any atom is -0.395 e. The average Bonchev–Trinajstić information content (AvgIpc) is 2.25. The molecular weight excluding hydrogens is 174 g/mol. The summed E-state index contributed by atoms with van der Waals surface area (Å²) < 4.78 is 0. The molecule has 1 aliphatic rings. The molecule has 0 aromatic rings. The van der Waals surface area contributed by atoms with Gasteiger partial charge in [0.1, 0.15) is 0 Å². The highest BCUT2D eigenvalue weighted by Gasteiger charge is 2.19. The van der Waals surface area contributed by atoms with Crippen LogP contribution in [-0.4, -0.2) is 35.7 Å². The molecule has 0 aromatic heterocycles. The van der Waals surface area contributed by atoms with E-state index in [1.807, 2.05) is 6.08 Å². The van der Waals surface area contributed by atoms with Crippen molar-refractivity contribution in [3.63, 3.8) is 0 Å². The molecule has 2 heteroatoms. The van der Waals surface area contributed by atoms with Gasteiger partial charge in [0.25, 0.3) is 0 Å². The molecule has 82 valence electrons. The highest BCUT2D eigenvalue weighted by atomic mass is 16.3. The summed E-state index contributed by atoms with van der Waals surface area (Å²) in [5.74, 6) is 0. The third-order valence-electron chi connectivity index (χ3n) is 3.10. The van der Waals surface area contributed by atoms with Crippen molar-refractivity contribution < 1.29 is 5.11 Å². The molecule has 0 aromatic carbocycles. The van der Waals surface area contributed by atoms with Crippen LogP contribution in [0.15, 0.2) is 12.7 Å². The summed E-state index contributed by atoms with van der Waals surface area (Å²) in [6.45, 7) is 5.93. The van der Waals surface area contributed by atoms with E-state index in [2.05, 4.69) is 11.5 Å². The van der Waals surface area contributed by atoms with Gasteiger partial charge in [-0.2, -0.15) is 0 Å². The van der Waals surface area contributed by atoms with Gasteiger partial charge in [0.2, 0.25) is 0 Å². The van der Waals surface area contributed by atoms with Gasteiger partial charge in [-0.25, -0.2) is 0 Å². The quantitative estimate of drug-likeness (QED) is 0.660. The Morgan fingerprint density at radius 2 is 1.93 bits per heavy atom. The van der Waals surface area contributed by atoms with E-state index in [1.54, 1.807) is 0 Å². The van der Waals surface area contributed by atoms with Crippen LogP contribution in [0.3, 0.4) is 0 Å². The molecule has 1 rings (SSSR count). The molecular formula is C12H23NO. The maximum atomic E-state index is 9.00. The van der Waals surface area contributed by atoms with E-state index >= 15 is 0 Å². The van der Waals surface area contributed by atoms with Crippen molar-refractivity contribution in [2.75, 3.05) is 19.7 Å². The Morgan fingerprint density at radius 3 is 2.50 bits per heavy atom. The highest BCUT2D eigenvalue weighted by molar-refractivity contribution is 4.78. The van der Waals surface area contributed by atoms with Gasteiger partial charge in [-0.1, -0.05) is 25.3 Å². The first-order chi connectivity index (χ1) is 6.88. The summed E-state index contributed by atoms with van der Waals surface area (Å²) >= 11 is 0. The van der Waals surface area contributed by atoms with E-state index in [9.17, 15) is 0 Å². The van der Waals surface area contributed by atoms with Crippen molar-refractivity contribution in [1.29, 1.82) is 0 Å². The summed E-state index contributed by atoms with van der Waals surface area (Å²) in [5, 5.41) is 9.00. The van der Waals surface area contributed by atoms with Crippen LogP contribution < -0.4 is 0 Å². The lowest BCUT2D eigenvalue weighted by Gasteiger charge is -2.33. The summed E-state index contributed by atoms with van der Waals surface area (Å²) in [6, 6.07) is 0.718. The summed E-state index contributed by atoms with van der Waals surface area (Å²) in [4.78, 5) is 2.43. The van der Waals surface area contributed by atoms with Crippen LogP contribution in [0.5, 0.6) is 0 Å². The summed E-state index contributed by atoms with van der Waals surface area (Å²) in [7, 11) is 0. The van der Waals surface area contributed by atoms with Crippen molar-refractivity contribution in [2.45, 2.75) is 44.6 Å². The summed E-state index contributed by atoms with van der Waals surface area (Å²) in [6.07, 6.45) is 9.75. The van der Waals surface area contributed by atoms with Crippen LogP contribution in [0.2, 0.25) is 0 Å². The third-order valence-corrected chi connectivity index (χ3v) is 3.10. The number of aliphatic hydroxyl groups is 1. The Hall–Kier alpha value is -0.340. The van der Waals surface area contributed by atoms with Gasteiger partial charge in [-0.3, -0.25) is 4.90 Å². The molecule has 0 spiro atoms. The summed E-state index contributed by atoms with van der Waals surface area (Å²) in [5.41, 5.74) is 0. The normalized spacial score (nSPS) is 18.7.